The van der Waals surface area contributed by atoms with Crippen LogP contribution in [0.3, 0.4) is 0 Å². The van der Waals surface area contributed by atoms with Gasteiger partial charge in [0, 0.05) is 32.7 Å². The standard InChI is InChI=1S/C14H16Cl2N4O/c1-19-10(7-17-18-19)8-20-5-4-12(9-20)21-11-2-3-13(15)14(16)6-11/h2-3,6-7,12H,4-5,8-9H2,1H3. The van der Waals surface area contributed by atoms with Gasteiger partial charge in [-0.3, -0.25) is 9.58 Å². The molecule has 1 atom stereocenters. The van der Waals surface area contributed by atoms with Crippen LogP contribution < -0.4 is 4.74 Å². The van der Waals surface area contributed by atoms with Crippen molar-refractivity contribution < 1.29 is 4.74 Å². The minimum atomic E-state index is 0.170. The average molecular weight is 327 g/mol. The van der Waals surface area contributed by atoms with E-state index in [2.05, 4.69) is 15.2 Å². The number of benzene rings is 1. The van der Waals surface area contributed by atoms with Crippen LogP contribution in [0, 0.1) is 0 Å². The summed E-state index contributed by atoms with van der Waals surface area (Å²) >= 11 is 11.9. The maximum Gasteiger partial charge on any atom is 0.121 e. The minimum Gasteiger partial charge on any atom is -0.489 e. The highest BCUT2D eigenvalue weighted by molar-refractivity contribution is 6.42. The summed E-state index contributed by atoms with van der Waals surface area (Å²) in [4.78, 5) is 2.33. The molecule has 3 rings (SSSR count). The summed E-state index contributed by atoms with van der Waals surface area (Å²) < 4.78 is 7.77. The summed E-state index contributed by atoms with van der Waals surface area (Å²) in [5.41, 5.74) is 1.10. The van der Waals surface area contributed by atoms with Crippen molar-refractivity contribution in [3.63, 3.8) is 0 Å². The van der Waals surface area contributed by atoms with Gasteiger partial charge in [0.25, 0.3) is 0 Å². The predicted molar refractivity (Wildman–Crippen MR) is 81.8 cm³/mol. The van der Waals surface area contributed by atoms with E-state index in [1.807, 2.05) is 13.1 Å². The molecule has 1 saturated heterocycles. The third-order valence-electron chi connectivity index (χ3n) is 3.62. The van der Waals surface area contributed by atoms with Crippen molar-refractivity contribution in [2.24, 2.45) is 7.05 Å². The second kappa shape index (κ2) is 6.22. The predicted octanol–water partition coefficient (Wildman–Crippen LogP) is 2.78. The van der Waals surface area contributed by atoms with Crippen LogP contribution >= 0.6 is 23.2 Å². The van der Waals surface area contributed by atoms with Crippen LogP contribution in [-0.4, -0.2) is 39.1 Å². The van der Waals surface area contributed by atoms with Gasteiger partial charge >= 0.3 is 0 Å². The number of aryl methyl sites for hydroxylation is 1. The zero-order chi connectivity index (χ0) is 14.8. The molecular formula is C14H16Cl2N4O. The molecule has 0 aliphatic carbocycles. The Labute approximate surface area is 133 Å². The summed E-state index contributed by atoms with van der Waals surface area (Å²) in [6, 6.07) is 5.37. The van der Waals surface area contributed by atoms with Crippen molar-refractivity contribution in [1.82, 2.24) is 19.9 Å². The topological polar surface area (TPSA) is 43.2 Å². The zero-order valence-electron chi connectivity index (χ0n) is 11.7. The Hall–Kier alpha value is -1.30. The smallest absolute Gasteiger partial charge is 0.121 e. The minimum absolute atomic E-state index is 0.170. The first-order chi connectivity index (χ1) is 10.1. The molecule has 1 unspecified atom stereocenters. The van der Waals surface area contributed by atoms with Gasteiger partial charge in [0.05, 0.1) is 21.9 Å². The van der Waals surface area contributed by atoms with Gasteiger partial charge in [-0.1, -0.05) is 28.4 Å². The Morgan fingerprint density at radius 1 is 1.33 bits per heavy atom. The fourth-order valence-corrected chi connectivity index (χ4v) is 2.75. The largest absolute Gasteiger partial charge is 0.489 e. The molecule has 21 heavy (non-hydrogen) atoms. The van der Waals surface area contributed by atoms with Gasteiger partial charge in [0.2, 0.25) is 0 Å². The Bertz CT molecular complexity index is 631. The quantitative estimate of drug-likeness (QED) is 0.866. The number of aromatic nitrogens is 3. The second-order valence-electron chi connectivity index (χ2n) is 5.19. The van der Waals surface area contributed by atoms with Gasteiger partial charge < -0.3 is 4.74 Å². The second-order valence-corrected chi connectivity index (χ2v) is 6.00. The number of ether oxygens (including phenoxy) is 1. The Balaban J connectivity index is 1.57. The van der Waals surface area contributed by atoms with Crippen LogP contribution in [0.25, 0.3) is 0 Å². The van der Waals surface area contributed by atoms with Gasteiger partial charge in [0.15, 0.2) is 0 Å². The fourth-order valence-electron chi connectivity index (χ4n) is 2.46. The van der Waals surface area contributed by atoms with Crippen molar-refractivity contribution in [2.75, 3.05) is 13.1 Å². The van der Waals surface area contributed by atoms with Gasteiger partial charge in [-0.2, -0.15) is 0 Å². The molecule has 1 aromatic heterocycles. The molecule has 1 aliphatic rings. The number of hydrogen-bond donors (Lipinski definition) is 0. The fraction of sp³-hybridized carbons (Fsp3) is 0.429. The van der Waals surface area contributed by atoms with Gasteiger partial charge in [-0.15, -0.1) is 5.10 Å². The molecule has 0 radical (unpaired) electrons. The third-order valence-corrected chi connectivity index (χ3v) is 4.36. The zero-order valence-corrected chi connectivity index (χ0v) is 13.2. The number of rotatable bonds is 4. The normalized spacial score (nSPS) is 19.1. The number of nitrogens with zero attached hydrogens (tertiary/aromatic N) is 4. The van der Waals surface area contributed by atoms with Crippen LogP contribution in [0.2, 0.25) is 10.0 Å². The van der Waals surface area contributed by atoms with E-state index in [9.17, 15) is 0 Å². The van der Waals surface area contributed by atoms with Gasteiger partial charge in [0.1, 0.15) is 11.9 Å². The maximum atomic E-state index is 6.00. The summed E-state index contributed by atoms with van der Waals surface area (Å²) in [6.45, 7) is 2.72. The summed E-state index contributed by atoms with van der Waals surface area (Å²) in [7, 11) is 1.90. The molecule has 0 bridgehead atoms. The lowest BCUT2D eigenvalue weighted by Gasteiger charge is -2.16. The molecule has 1 fully saturated rings. The lowest BCUT2D eigenvalue weighted by Crippen LogP contribution is -2.25. The van der Waals surface area contributed by atoms with Crippen LogP contribution in [0.1, 0.15) is 12.1 Å². The van der Waals surface area contributed by atoms with Crippen molar-refractivity contribution in [1.29, 1.82) is 0 Å². The molecule has 2 heterocycles. The molecule has 2 aromatic rings. The Kier molecular flexibility index (Phi) is 4.33. The first-order valence-electron chi connectivity index (χ1n) is 6.79. The molecule has 0 amide bonds. The van der Waals surface area contributed by atoms with E-state index < -0.39 is 0 Å². The first-order valence-corrected chi connectivity index (χ1v) is 7.55. The molecule has 112 valence electrons. The van der Waals surface area contributed by atoms with Crippen LogP contribution in [0.4, 0.5) is 0 Å². The van der Waals surface area contributed by atoms with E-state index in [4.69, 9.17) is 27.9 Å². The Morgan fingerprint density at radius 2 is 2.19 bits per heavy atom. The lowest BCUT2D eigenvalue weighted by molar-refractivity contribution is 0.197. The highest BCUT2D eigenvalue weighted by Crippen LogP contribution is 2.28. The molecular weight excluding hydrogens is 311 g/mol. The molecule has 1 aromatic carbocycles. The van der Waals surface area contributed by atoms with Gasteiger partial charge in [-0.25, -0.2) is 0 Å². The summed E-state index contributed by atoms with van der Waals surface area (Å²) in [6.07, 6.45) is 2.96. The lowest BCUT2D eigenvalue weighted by atomic mass is 10.3. The Morgan fingerprint density at radius 3 is 2.90 bits per heavy atom. The van der Waals surface area contributed by atoms with Crippen LogP contribution in [-0.2, 0) is 13.6 Å². The number of likely N-dealkylation sites (tertiary alicyclic amines) is 1. The van der Waals surface area contributed by atoms with Crippen LogP contribution in [0.15, 0.2) is 24.4 Å². The highest BCUT2D eigenvalue weighted by atomic mass is 35.5. The maximum absolute atomic E-state index is 6.00. The number of hydrogen-bond acceptors (Lipinski definition) is 4. The van der Waals surface area contributed by atoms with E-state index in [-0.39, 0.29) is 6.10 Å². The van der Waals surface area contributed by atoms with E-state index in [1.54, 1.807) is 23.0 Å². The molecule has 7 heteroatoms. The van der Waals surface area contributed by atoms with Crippen LogP contribution in [0.5, 0.6) is 5.75 Å². The third kappa shape index (κ3) is 3.48. The summed E-state index contributed by atoms with van der Waals surface area (Å²) in [5.74, 6) is 0.762. The van der Waals surface area contributed by atoms with E-state index >= 15 is 0 Å². The monoisotopic (exact) mass is 326 g/mol. The molecule has 0 saturated carbocycles. The summed E-state index contributed by atoms with van der Waals surface area (Å²) in [5, 5.41) is 8.90. The van der Waals surface area contributed by atoms with Crippen molar-refractivity contribution in [3.05, 3.63) is 40.1 Å². The molecule has 5 nitrogen and oxygen atoms in total. The molecule has 0 spiro atoms. The van der Waals surface area contributed by atoms with Crippen molar-refractivity contribution in [3.8, 4) is 5.75 Å². The van der Waals surface area contributed by atoms with Crippen molar-refractivity contribution in [2.45, 2.75) is 19.1 Å². The van der Waals surface area contributed by atoms with Crippen molar-refractivity contribution >= 4 is 23.2 Å². The average Bonchev–Trinajstić information content (AvgIpc) is 3.05. The van der Waals surface area contributed by atoms with E-state index in [0.29, 0.717) is 10.0 Å². The van der Waals surface area contributed by atoms with Gasteiger partial charge in [-0.05, 0) is 18.6 Å². The number of halogens is 2. The first kappa shape index (κ1) is 14.6. The SMILES string of the molecule is Cn1nncc1CN1CCC(Oc2ccc(Cl)c(Cl)c2)C1. The molecule has 0 N–H and O–H groups in total. The van der Waals surface area contributed by atoms with E-state index in [0.717, 1.165) is 37.5 Å². The molecule has 1 aliphatic heterocycles. The highest BCUT2D eigenvalue weighted by Gasteiger charge is 2.24. The van der Waals surface area contributed by atoms with E-state index in [1.165, 1.54) is 0 Å².